The van der Waals surface area contributed by atoms with Crippen molar-refractivity contribution < 1.29 is 29.0 Å². The van der Waals surface area contributed by atoms with E-state index in [1.807, 2.05) is 85.7 Å². The van der Waals surface area contributed by atoms with Gasteiger partial charge in [0, 0.05) is 57.2 Å². The SMILES string of the molecule is CN(C)CCCOc1ccc(CCC[C@H](CC(=O)O)C(=O)NC2Cc3ccccccn(c3)CCC(=O)CCNC2=O)cc1. The van der Waals surface area contributed by atoms with Gasteiger partial charge in [-0.05, 0) is 69.1 Å². The zero-order valence-corrected chi connectivity index (χ0v) is 25.9. The van der Waals surface area contributed by atoms with Crippen LogP contribution in [0.4, 0.5) is 0 Å². The summed E-state index contributed by atoms with van der Waals surface area (Å²) in [5, 5.41) is 15.2. The molecule has 2 bridgehead atoms. The van der Waals surface area contributed by atoms with Crippen molar-refractivity contribution in [2.45, 2.75) is 64.0 Å². The molecule has 0 saturated carbocycles. The third-order valence-electron chi connectivity index (χ3n) is 7.43. The second-order valence-corrected chi connectivity index (χ2v) is 11.5. The molecule has 2 heterocycles. The van der Waals surface area contributed by atoms with Crippen LogP contribution in [0.1, 0.15) is 49.7 Å². The summed E-state index contributed by atoms with van der Waals surface area (Å²) in [7, 11) is 4.06. The standard InChI is InChI=1S/C34H46N4O6/c1-37(2)19-8-22-44-30-14-12-26(13-15-30)10-7-11-28(24-32(40)41)33(42)36-31-23-27-9-5-3-4-6-20-38(25-27)21-17-29(39)16-18-35-34(31)43/h3-6,9,12-15,20,25,28,31H,7-8,10-11,16-19,21-24H2,1-2H3,(H,35,43)(H,36,42)(H,40,41)/t28-,31?/m1/s1. The van der Waals surface area contributed by atoms with Crippen LogP contribution in [-0.4, -0.2) is 78.0 Å². The van der Waals surface area contributed by atoms with Crippen molar-refractivity contribution in [3.8, 4) is 5.75 Å². The highest BCUT2D eigenvalue weighted by atomic mass is 16.5. The zero-order valence-electron chi connectivity index (χ0n) is 25.9. The quantitative estimate of drug-likeness (QED) is 0.297. The van der Waals surface area contributed by atoms with E-state index < -0.39 is 29.7 Å². The lowest BCUT2D eigenvalue weighted by Crippen LogP contribution is -2.50. The summed E-state index contributed by atoms with van der Waals surface area (Å²) < 4.78 is 7.70. The van der Waals surface area contributed by atoms with Gasteiger partial charge in [0.15, 0.2) is 0 Å². The molecule has 3 N–H and O–H groups in total. The molecule has 1 aliphatic rings. The first-order valence-corrected chi connectivity index (χ1v) is 15.4. The number of carbonyl (C=O) groups is 4. The van der Waals surface area contributed by atoms with E-state index in [0.29, 0.717) is 38.8 Å². The molecule has 0 aliphatic carbocycles. The monoisotopic (exact) mass is 606 g/mol. The Morgan fingerprint density at radius 2 is 1.84 bits per heavy atom. The number of ketones is 1. The molecule has 0 fully saturated rings. The van der Waals surface area contributed by atoms with Crippen molar-refractivity contribution in [2.24, 2.45) is 5.92 Å². The molecular formula is C34H46N4O6. The minimum atomic E-state index is -1.07. The van der Waals surface area contributed by atoms with Crippen LogP contribution in [0.3, 0.4) is 0 Å². The molecule has 0 spiro atoms. The first-order valence-electron chi connectivity index (χ1n) is 15.4. The van der Waals surface area contributed by atoms with E-state index in [1.54, 1.807) is 0 Å². The number of Topliss-reactive ketones (excluding diaryl/α,β-unsaturated/α-hetero) is 1. The van der Waals surface area contributed by atoms with Crippen LogP contribution in [-0.2, 0) is 38.6 Å². The molecule has 2 atom stereocenters. The molecule has 1 unspecified atom stereocenters. The van der Waals surface area contributed by atoms with Gasteiger partial charge in [0.25, 0.3) is 0 Å². The fourth-order valence-corrected chi connectivity index (χ4v) is 5.00. The van der Waals surface area contributed by atoms with Gasteiger partial charge < -0.3 is 29.9 Å². The number of hydrogen-bond donors (Lipinski definition) is 3. The van der Waals surface area contributed by atoms with E-state index in [4.69, 9.17) is 4.74 Å². The van der Waals surface area contributed by atoms with E-state index in [0.717, 1.165) is 29.8 Å². The lowest BCUT2D eigenvalue weighted by atomic mass is 9.95. The molecule has 1 aromatic heterocycles. The van der Waals surface area contributed by atoms with E-state index in [-0.39, 0.29) is 31.6 Å². The van der Waals surface area contributed by atoms with Crippen molar-refractivity contribution in [2.75, 3.05) is 33.8 Å². The van der Waals surface area contributed by atoms with E-state index in [2.05, 4.69) is 15.5 Å². The normalized spacial score (nSPS) is 16.1. The maximum atomic E-state index is 13.4. The summed E-state index contributed by atoms with van der Waals surface area (Å²) in [6.45, 7) is 2.27. The number of rotatable bonds is 13. The van der Waals surface area contributed by atoms with Crippen molar-refractivity contribution in [1.29, 1.82) is 0 Å². The molecule has 10 heteroatoms. The number of carboxylic acid groups (broad SMARTS) is 1. The van der Waals surface area contributed by atoms with Crippen LogP contribution in [0.15, 0.2) is 67.0 Å². The number of ether oxygens (including phenoxy) is 1. The van der Waals surface area contributed by atoms with Crippen molar-refractivity contribution in [1.82, 2.24) is 20.1 Å². The third-order valence-corrected chi connectivity index (χ3v) is 7.43. The Bertz CT molecular complexity index is 1290. The van der Waals surface area contributed by atoms with Gasteiger partial charge in [-0.15, -0.1) is 0 Å². The summed E-state index contributed by atoms with van der Waals surface area (Å²) in [5.74, 6) is -1.91. The van der Waals surface area contributed by atoms with Gasteiger partial charge in [-0.1, -0.05) is 36.4 Å². The van der Waals surface area contributed by atoms with Crippen LogP contribution in [0.5, 0.6) is 5.75 Å². The predicted octanol–water partition coefficient (Wildman–Crippen LogP) is 3.56. The lowest BCUT2D eigenvalue weighted by Gasteiger charge is -2.22. The minimum absolute atomic E-state index is 0.0319. The topological polar surface area (TPSA) is 130 Å². The molecule has 0 radical (unpaired) electrons. The number of fused-ring (bicyclic) bond motifs is 2. The summed E-state index contributed by atoms with van der Waals surface area (Å²) in [4.78, 5) is 52.7. The number of carbonyl (C=O) groups excluding carboxylic acids is 3. The molecule has 3 rings (SSSR count). The van der Waals surface area contributed by atoms with Crippen molar-refractivity contribution in [3.05, 3.63) is 78.1 Å². The number of nitrogens with zero attached hydrogens (tertiary/aromatic N) is 2. The summed E-state index contributed by atoms with van der Waals surface area (Å²) in [6, 6.07) is 16.2. The van der Waals surface area contributed by atoms with Crippen LogP contribution in [0, 0.1) is 5.92 Å². The average molecular weight is 607 g/mol. The smallest absolute Gasteiger partial charge is 0.304 e. The molecule has 2 aromatic rings. The maximum Gasteiger partial charge on any atom is 0.304 e. The highest BCUT2D eigenvalue weighted by Gasteiger charge is 2.27. The van der Waals surface area contributed by atoms with Crippen molar-refractivity contribution >= 4 is 23.6 Å². The summed E-state index contributed by atoms with van der Waals surface area (Å²) >= 11 is 0. The van der Waals surface area contributed by atoms with Crippen LogP contribution < -0.4 is 15.4 Å². The summed E-state index contributed by atoms with van der Waals surface area (Å²) in [5.41, 5.74) is 1.86. The Kier molecular flexibility index (Phi) is 14.4. The van der Waals surface area contributed by atoms with Gasteiger partial charge in [-0.3, -0.25) is 19.2 Å². The molecule has 1 aliphatic heterocycles. The van der Waals surface area contributed by atoms with Gasteiger partial charge in [0.2, 0.25) is 11.8 Å². The Hall–Kier alpha value is -4.18. The van der Waals surface area contributed by atoms with Gasteiger partial charge >= 0.3 is 5.97 Å². The number of nitrogens with one attached hydrogen (secondary N) is 2. The predicted molar refractivity (Wildman–Crippen MR) is 169 cm³/mol. The zero-order chi connectivity index (χ0) is 31.7. The van der Waals surface area contributed by atoms with E-state index >= 15 is 0 Å². The molecule has 238 valence electrons. The largest absolute Gasteiger partial charge is 0.494 e. The fourth-order valence-electron chi connectivity index (χ4n) is 5.00. The Morgan fingerprint density at radius 3 is 2.59 bits per heavy atom. The van der Waals surface area contributed by atoms with Gasteiger partial charge in [0.05, 0.1) is 13.0 Å². The number of benzene rings is 1. The molecule has 10 nitrogen and oxygen atoms in total. The third kappa shape index (κ3) is 13.0. The van der Waals surface area contributed by atoms with Gasteiger partial charge in [-0.2, -0.15) is 0 Å². The minimum Gasteiger partial charge on any atom is -0.494 e. The average Bonchev–Trinajstić information content (AvgIpc) is 3.09. The molecular weight excluding hydrogens is 560 g/mol. The number of aryl methyl sites for hydroxylation is 2. The number of hydrogen-bond acceptors (Lipinski definition) is 6. The first kappa shape index (κ1) is 34.3. The van der Waals surface area contributed by atoms with Crippen molar-refractivity contribution in [3.63, 3.8) is 0 Å². The number of amides is 2. The molecule has 2 amide bonds. The van der Waals surface area contributed by atoms with Gasteiger partial charge in [-0.25, -0.2) is 0 Å². The molecule has 44 heavy (non-hydrogen) atoms. The number of carboxylic acids is 1. The van der Waals surface area contributed by atoms with Gasteiger partial charge in [0.1, 0.15) is 17.6 Å². The second-order valence-electron chi connectivity index (χ2n) is 11.5. The Morgan fingerprint density at radius 1 is 1.07 bits per heavy atom. The van der Waals surface area contributed by atoms with Crippen LogP contribution >= 0.6 is 0 Å². The molecule has 0 saturated heterocycles. The van der Waals surface area contributed by atoms with E-state index in [1.165, 1.54) is 0 Å². The maximum absolute atomic E-state index is 13.4. The Balaban J connectivity index is 1.66. The molecule has 1 aromatic carbocycles. The summed E-state index contributed by atoms with van der Waals surface area (Å²) in [6.07, 6.45) is 6.74. The fraction of sp³-hybridized carbons (Fsp3) is 0.471. The van der Waals surface area contributed by atoms with E-state index in [9.17, 15) is 24.3 Å². The number of aromatic nitrogens is 1. The van der Waals surface area contributed by atoms with Crippen LogP contribution in [0.2, 0.25) is 0 Å². The number of aliphatic carboxylic acids is 1. The highest BCUT2D eigenvalue weighted by Crippen LogP contribution is 2.18. The Labute approximate surface area is 260 Å². The second kappa shape index (κ2) is 18.5. The van der Waals surface area contributed by atoms with Crippen LogP contribution in [0.25, 0.3) is 0 Å². The lowest BCUT2D eigenvalue weighted by molar-refractivity contribution is -0.141. The highest BCUT2D eigenvalue weighted by molar-refractivity contribution is 5.90. The first-order chi connectivity index (χ1) is 21.2.